The van der Waals surface area contributed by atoms with Crippen LogP contribution >= 0.6 is 0 Å². The molecule has 21 heavy (non-hydrogen) atoms. The van der Waals surface area contributed by atoms with Crippen LogP contribution < -0.4 is 4.72 Å². The highest BCUT2D eigenvalue weighted by Gasteiger charge is 2.14. The first-order valence-electron chi connectivity index (χ1n) is 6.56. The molecule has 0 amide bonds. The normalized spacial score (nSPS) is 10.9. The van der Waals surface area contributed by atoms with Gasteiger partial charge in [-0.05, 0) is 44.0 Å². The van der Waals surface area contributed by atoms with E-state index in [1.165, 1.54) is 18.2 Å². The molecular formula is C14H18N2O4S. The van der Waals surface area contributed by atoms with Crippen molar-refractivity contribution in [1.29, 1.82) is 5.26 Å². The van der Waals surface area contributed by atoms with Gasteiger partial charge in [-0.2, -0.15) is 5.26 Å². The van der Waals surface area contributed by atoms with Gasteiger partial charge in [0.1, 0.15) is 0 Å². The van der Waals surface area contributed by atoms with E-state index in [1.54, 1.807) is 13.8 Å². The molecule has 0 heterocycles. The summed E-state index contributed by atoms with van der Waals surface area (Å²) in [7, 11) is -3.63. The van der Waals surface area contributed by atoms with Gasteiger partial charge in [0.2, 0.25) is 10.0 Å². The predicted molar refractivity (Wildman–Crippen MR) is 76.9 cm³/mol. The summed E-state index contributed by atoms with van der Waals surface area (Å²) in [6, 6.07) is 6.30. The molecule has 0 aromatic heterocycles. The lowest BCUT2D eigenvalue weighted by Gasteiger charge is -2.08. The average molecular weight is 310 g/mol. The molecule has 7 heteroatoms. The van der Waals surface area contributed by atoms with Crippen molar-refractivity contribution in [3.63, 3.8) is 0 Å². The van der Waals surface area contributed by atoms with Crippen molar-refractivity contribution >= 4 is 16.0 Å². The van der Waals surface area contributed by atoms with E-state index in [0.717, 1.165) is 0 Å². The molecule has 1 aromatic rings. The molecular weight excluding hydrogens is 292 g/mol. The zero-order valence-corrected chi connectivity index (χ0v) is 12.9. The number of nitriles is 1. The van der Waals surface area contributed by atoms with Crippen LogP contribution in [0.15, 0.2) is 23.1 Å². The molecule has 0 unspecified atom stereocenters. The van der Waals surface area contributed by atoms with Crippen molar-refractivity contribution in [2.45, 2.75) is 31.6 Å². The number of esters is 1. The second-order valence-electron chi connectivity index (χ2n) is 4.39. The number of hydrogen-bond donors (Lipinski definition) is 1. The standard InChI is InChI=1S/C14H18N2O4S/c1-3-20-14(17)5-4-8-16-21(18,19)13-7-6-12(10-15)11(2)9-13/h6-7,9,16H,3-5,8H2,1-2H3. The third-order valence-electron chi connectivity index (χ3n) is 2.78. The maximum atomic E-state index is 12.0. The van der Waals surface area contributed by atoms with Gasteiger partial charge in [-0.3, -0.25) is 4.79 Å². The van der Waals surface area contributed by atoms with Gasteiger partial charge in [0.25, 0.3) is 0 Å². The van der Waals surface area contributed by atoms with Crippen LogP contribution in [-0.4, -0.2) is 27.5 Å². The van der Waals surface area contributed by atoms with E-state index in [2.05, 4.69) is 4.72 Å². The molecule has 0 fully saturated rings. The highest BCUT2D eigenvalue weighted by molar-refractivity contribution is 7.89. The van der Waals surface area contributed by atoms with Gasteiger partial charge in [-0.1, -0.05) is 0 Å². The van der Waals surface area contributed by atoms with Crippen molar-refractivity contribution in [2.75, 3.05) is 13.2 Å². The number of nitrogens with one attached hydrogen (secondary N) is 1. The van der Waals surface area contributed by atoms with Gasteiger partial charge in [0.15, 0.2) is 0 Å². The summed E-state index contributed by atoms with van der Waals surface area (Å²) in [5.41, 5.74) is 1.04. The maximum absolute atomic E-state index is 12.0. The maximum Gasteiger partial charge on any atom is 0.305 e. The first-order valence-corrected chi connectivity index (χ1v) is 8.05. The van der Waals surface area contributed by atoms with E-state index < -0.39 is 10.0 Å². The number of hydrogen-bond acceptors (Lipinski definition) is 5. The highest BCUT2D eigenvalue weighted by Crippen LogP contribution is 2.14. The second kappa shape index (κ2) is 7.76. The van der Waals surface area contributed by atoms with Crippen molar-refractivity contribution in [1.82, 2.24) is 4.72 Å². The molecule has 1 rings (SSSR count). The Bertz CT molecular complexity index is 647. The van der Waals surface area contributed by atoms with Crippen molar-refractivity contribution in [3.8, 4) is 6.07 Å². The fourth-order valence-electron chi connectivity index (χ4n) is 1.68. The van der Waals surface area contributed by atoms with Crippen LogP contribution in [0.5, 0.6) is 0 Å². The highest BCUT2D eigenvalue weighted by atomic mass is 32.2. The molecule has 0 bridgehead atoms. The Labute approximate surface area is 124 Å². The summed E-state index contributed by atoms with van der Waals surface area (Å²) in [6.07, 6.45) is 0.538. The fraction of sp³-hybridized carbons (Fsp3) is 0.429. The summed E-state index contributed by atoms with van der Waals surface area (Å²) in [5, 5.41) is 8.82. The van der Waals surface area contributed by atoms with Crippen LogP contribution in [0.3, 0.4) is 0 Å². The summed E-state index contributed by atoms with van der Waals surface area (Å²) in [6.45, 7) is 3.86. The molecule has 114 valence electrons. The number of rotatable bonds is 7. The van der Waals surface area contributed by atoms with Gasteiger partial charge in [0, 0.05) is 13.0 Å². The van der Waals surface area contributed by atoms with Gasteiger partial charge < -0.3 is 4.74 Å². The number of carbonyl (C=O) groups excluding carboxylic acids is 1. The summed E-state index contributed by atoms with van der Waals surface area (Å²) in [4.78, 5) is 11.2. The lowest BCUT2D eigenvalue weighted by atomic mass is 10.1. The Morgan fingerprint density at radius 1 is 1.43 bits per heavy atom. The first-order chi connectivity index (χ1) is 9.90. The minimum absolute atomic E-state index is 0.107. The van der Waals surface area contributed by atoms with Crippen LogP contribution in [0, 0.1) is 18.3 Å². The minimum atomic E-state index is -3.63. The third-order valence-corrected chi connectivity index (χ3v) is 4.24. The van der Waals surface area contributed by atoms with E-state index in [9.17, 15) is 13.2 Å². The molecule has 0 aliphatic carbocycles. The van der Waals surface area contributed by atoms with Crippen LogP contribution in [0.25, 0.3) is 0 Å². The summed E-state index contributed by atoms with van der Waals surface area (Å²) < 4.78 is 31.3. The number of nitrogens with zero attached hydrogens (tertiary/aromatic N) is 1. The third kappa shape index (κ3) is 5.17. The zero-order valence-electron chi connectivity index (χ0n) is 12.0. The average Bonchev–Trinajstić information content (AvgIpc) is 2.44. The molecule has 0 saturated heterocycles. The van der Waals surface area contributed by atoms with Crippen LogP contribution in [0.2, 0.25) is 0 Å². The number of ether oxygens (including phenoxy) is 1. The van der Waals surface area contributed by atoms with E-state index in [4.69, 9.17) is 10.00 Å². The fourth-order valence-corrected chi connectivity index (χ4v) is 2.84. The van der Waals surface area contributed by atoms with E-state index >= 15 is 0 Å². The Morgan fingerprint density at radius 3 is 2.71 bits per heavy atom. The minimum Gasteiger partial charge on any atom is -0.466 e. The quantitative estimate of drug-likeness (QED) is 0.608. The van der Waals surface area contributed by atoms with Crippen molar-refractivity contribution in [2.24, 2.45) is 0 Å². The predicted octanol–water partition coefficient (Wildman–Crippen LogP) is 1.49. The molecule has 0 aliphatic rings. The summed E-state index contributed by atoms with van der Waals surface area (Å²) >= 11 is 0. The topological polar surface area (TPSA) is 96.3 Å². The molecule has 6 nitrogen and oxygen atoms in total. The Hall–Kier alpha value is -1.91. The Balaban J connectivity index is 2.60. The van der Waals surface area contributed by atoms with Crippen molar-refractivity contribution in [3.05, 3.63) is 29.3 Å². The van der Waals surface area contributed by atoms with Gasteiger partial charge in [-0.25, -0.2) is 13.1 Å². The van der Waals surface area contributed by atoms with Gasteiger partial charge >= 0.3 is 5.97 Å². The smallest absolute Gasteiger partial charge is 0.305 e. The van der Waals surface area contributed by atoms with Crippen LogP contribution in [-0.2, 0) is 19.6 Å². The zero-order chi connectivity index (χ0) is 15.9. The number of benzene rings is 1. The van der Waals surface area contributed by atoms with Crippen molar-refractivity contribution < 1.29 is 17.9 Å². The molecule has 0 aliphatic heterocycles. The van der Waals surface area contributed by atoms with Crippen LogP contribution in [0.1, 0.15) is 30.9 Å². The van der Waals surface area contributed by atoms with Crippen LogP contribution in [0.4, 0.5) is 0 Å². The molecule has 0 spiro atoms. The molecule has 0 atom stereocenters. The number of sulfonamides is 1. The van der Waals surface area contributed by atoms with E-state index in [0.29, 0.717) is 24.2 Å². The Kier molecular flexibility index (Phi) is 6.34. The first kappa shape index (κ1) is 17.1. The molecule has 0 radical (unpaired) electrons. The lowest BCUT2D eigenvalue weighted by molar-refractivity contribution is -0.143. The molecule has 1 aromatic carbocycles. The van der Waals surface area contributed by atoms with E-state index in [1.807, 2.05) is 6.07 Å². The SMILES string of the molecule is CCOC(=O)CCCNS(=O)(=O)c1ccc(C#N)c(C)c1. The Morgan fingerprint density at radius 2 is 2.14 bits per heavy atom. The monoisotopic (exact) mass is 310 g/mol. The molecule has 1 N–H and O–H groups in total. The second-order valence-corrected chi connectivity index (χ2v) is 6.16. The largest absolute Gasteiger partial charge is 0.466 e. The number of aryl methyl sites for hydroxylation is 1. The summed E-state index contributed by atoms with van der Waals surface area (Å²) in [5.74, 6) is -0.342. The lowest BCUT2D eigenvalue weighted by Crippen LogP contribution is -2.25. The molecule has 0 saturated carbocycles. The number of carbonyl (C=O) groups is 1. The van der Waals surface area contributed by atoms with Gasteiger partial charge in [0.05, 0.1) is 23.1 Å². The van der Waals surface area contributed by atoms with Gasteiger partial charge in [-0.15, -0.1) is 0 Å². The van der Waals surface area contributed by atoms with E-state index in [-0.39, 0.29) is 23.8 Å².